The Morgan fingerprint density at radius 3 is 2.97 bits per heavy atom. The number of esters is 1. The third kappa shape index (κ3) is 3.88. The molecule has 0 bridgehead atoms. The van der Waals surface area contributed by atoms with E-state index in [1.807, 2.05) is 38.2 Å². The van der Waals surface area contributed by atoms with Crippen LogP contribution in [-0.4, -0.2) is 55.1 Å². The molecule has 2 aliphatic heterocycles. The van der Waals surface area contributed by atoms with Gasteiger partial charge in [0.15, 0.2) is 5.82 Å². The summed E-state index contributed by atoms with van der Waals surface area (Å²) in [7, 11) is 0. The Morgan fingerprint density at radius 2 is 2.18 bits per heavy atom. The molecule has 5 rings (SSSR count). The van der Waals surface area contributed by atoms with Crippen molar-refractivity contribution in [2.45, 2.75) is 45.4 Å². The third-order valence-electron chi connectivity index (χ3n) is 6.65. The number of carbonyl (C=O) groups is 1. The Bertz CT molecular complexity index is 1280. The van der Waals surface area contributed by atoms with E-state index in [0.717, 1.165) is 34.5 Å². The molecule has 1 aromatic carbocycles. The van der Waals surface area contributed by atoms with Gasteiger partial charge in [-0.3, -0.25) is 4.90 Å². The number of nitriles is 1. The minimum Gasteiger partial charge on any atom is -0.457 e. The maximum absolute atomic E-state index is 11.9. The Labute approximate surface area is 191 Å². The fraction of sp³-hybridized carbons (Fsp3) is 0.375. The molecule has 0 spiro atoms. The summed E-state index contributed by atoms with van der Waals surface area (Å²) in [5.41, 5.74) is 5.82. The van der Waals surface area contributed by atoms with Gasteiger partial charge in [0.05, 0.1) is 29.1 Å². The van der Waals surface area contributed by atoms with Crippen molar-refractivity contribution in [1.29, 1.82) is 5.26 Å². The molecule has 0 unspecified atom stereocenters. The van der Waals surface area contributed by atoms with Crippen molar-refractivity contribution >= 4 is 5.97 Å². The van der Waals surface area contributed by atoms with Gasteiger partial charge in [-0.2, -0.15) is 5.26 Å². The first-order chi connectivity index (χ1) is 15.9. The average molecular weight is 444 g/mol. The first-order valence-electron chi connectivity index (χ1n) is 10.9. The minimum atomic E-state index is -0.447. The van der Waals surface area contributed by atoms with Crippen LogP contribution in [0.1, 0.15) is 56.2 Å². The first-order valence-corrected chi connectivity index (χ1v) is 10.9. The number of carbonyl (C=O) groups excluding carboxylic acids is 1. The highest BCUT2D eigenvalue weighted by Crippen LogP contribution is 2.34. The number of benzene rings is 1. The number of pyridine rings is 1. The zero-order valence-electron chi connectivity index (χ0n) is 18.5. The number of piperidine rings is 1. The normalized spacial score (nSPS) is 20.4. The number of likely N-dealkylation sites (tertiary alicyclic amines) is 1. The van der Waals surface area contributed by atoms with Crippen LogP contribution in [-0.2, 0) is 17.9 Å². The Kier molecular flexibility index (Phi) is 5.40. The number of nitrogens with zero attached hydrogens (tertiary/aromatic N) is 6. The summed E-state index contributed by atoms with van der Waals surface area (Å²) in [5.74, 6) is 0.279. The zero-order valence-corrected chi connectivity index (χ0v) is 18.5. The summed E-state index contributed by atoms with van der Waals surface area (Å²) in [6.45, 7) is 6.20. The number of aromatic nitrogens is 4. The Hall–Kier alpha value is -3.61. The Balaban J connectivity index is 1.33. The van der Waals surface area contributed by atoms with Crippen molar-refractivity contribution in [1.82, 2.24) is 24.9 Å². The second-order valence-corrected chi connectivity index (χ2v) is 8.70. The molecule has 4 heterocycles. The van der Waals surface area contributed by atoms with Gasteiger partial charge in [-0.1, -0.05) is 11.3 Å². The van der Waals surface area contributed by atoms with E-state index < -0.39 is 6.10 Å². The van der Waals surface area contributed by atoms with Crippen molar-refractivity contribution in [2.24, 2.45) is 0 Å². The standard InChI is InChI=1S/C24H24N6O3/c1-14-7-23(26-9-16(14)8-25)30-11-17(27-28-30)10-29-6-5-22(31)20(12-29)18-3-4-19-21(15(18)2)13-33-24(19)32/h3-4,7,9,11,20,22,31H,5-6,10,12-13H2,1-2H3/t20-,22+/m0/s1. The summed E-state index contributed by atoms with van der Waals surface area (Å²) in [6.07, 6.45) is 3.59. The summed E-state index contributed by atoms with van der Waals surface area (Å²) in [4.78, 5) is 18.4. The van der Waals surface area contributed by atoms with Crippen LogP contribution in [0, 0.1) is 25.2 Å². The van der Waals surface area contributed by atoms with E-state index in [1.165, 1.54) is 0 Å². The van der Waals surface area contributed by atoms with Crippen molar-refractivity contribution in [2.75, 3.05) is 13.1 Å². The van der Waals surface area contributed by atoms with Crippen molar-refractivity contribution in [3.05, 3.63) is 69.7 Å². The number of hydrogen-bond donors (Lipinski definition) is 1. The summed E-state index contributed by atoms with van der Waals surface area (Å²) < 4.78 is 6.79. The van der Waals surface area contributed by atoms with E-state index in [0.29, 0.717) is 43.1 Å². The van der Waals surface area contributed by atoms with Gasteiger partial charge >= 0.3 is 5.97 Å². The van der Waals surface area contributed by atoms with Crippen molar-refractivity contribution in [3.8, 4) is 11.9 Å². The quantitative estimate of drug-likeness (QED) is 0.609. The predicted octanol–water partition coefficient (Wildman–Crippen LogP) is 2.17. The van der Waals surface area contributed by atoms with Crippen molar-refractivity contribution < 1.29 is 14.6 Å². The molecule has 0 aliphatic carbocycles. The maximum atomic E-state index is 11.9. The lowest BCUT2D eigenvalue weighted by molar-refractivity contribution is 0.0532. The fourth-order valence-electron chi connectivity index (χ4n) is 4.72. The molecular formula is C24H24N6O3. The molecule has 0 amide bonds. The van der Waals surface area contributed by atoms with Gasteiger partial charge in [0, 0.05) is 37.3 Å². The van der Waals surface area contributed by atoms with E-state index in [2.05, 4.69) is 26.3 Å². The molecule has 2 aromatic heterocycles. The number of cyclic esters (lactones) is 1. The highest BCUT2D eigenvalue weighted by atomic mass is 16.5. The smallest absolute Gasteiger partial charge is 0.338 e. The monoisotopic (exact) mass is 444 g/mol. The third-order valence-corrected chi connectivity index (χ3v) is 6.65. The Morgan fingerprint density at radius 1 is 1.33 bits per heavy atom. The van der Waals surface area contributed by atoms with E-state index >= 15 is 0 Å². The summed E-state index contributed by atoms with van der Waals surface area (Å²) >= 11 is 0. The van der Waals surface area contributed by atoms with E-state index in [-0.39, 0.29) is 11.9 Å². The number of hydrogen-bond acceptors (Lipinski definition) is 8. The molecule has 9 nitrogen and oxygen atoms in total. The topological polar surface area (TPSA) is 117 Å². The molecular weight excluding hydrogens is 420 g/mol. The second kappa shape index (κ2) is 8.39. The highest BCUT2D eigenvalue weighted by Gasteiger charge is 2.33. The van der Waals surface area contributed by atoms with Crippen LogP contribution in [0.5, 0.6) is 0 Å². The molecule has 1 saturated heterocycles. The molecule has 9 heteroatoms. The van der Waals surface area contributed by atoms with Gasteiger partial charge in [-0.05, 0) is 49.1 Å². The lowest BCUT2D eigenvalue weighted by atomic mass is 9.83. The van der Waals surface area contributed by atoms with Crippen LogP contribution in [0.3, 0.4) is 0 Å². The lowest BCUT2D eigenvalue weighted by Crippen LogP contribution is -2.41. The molecule has 2 aliphatic rings. The number of aliphatic hydroxyl groups is 1. The molecule has 2 atom stereocenters. The number of fused-ring (bicyclic) bond motifs is 1. The van der Waals surface area contributed by atoms with Crippen LogP contribution in [0.15, 0.2) is 30.6 Å². The molecule has 1 N–H and O–H groups in total. The van der Waals surface area contributed by atoms with E-state index in [4.69, 9.17) is 10.00 Å². The van der Waals surface area contributed by atoms with Crippen LogP contribution in [0.4, 0.5) is 0 Å². The zero-order chi connectivity index (χ0) is 23.1. The number of ether oxygens (including phenoxy) is 1. The largest absolute Gasteiger partial charge is 0.457 e. The van der Waals surface area contributed by atoms with Gasteiger partial charge in [0.25, 0.3) is 0 Å². The number of aliphatic hydroxyl groups excluding tert-OH is 1. The first kappa shape index (κ1) is 21.2. The number of aryl methyl sites for hydroxylation is 1. The molecule has 3 aromatic rings. The second-order valence-electron chi connectivity index (χ2n) is 8.70. The lowest BCUT2D eigenvalue weighted by Gasteiger charge is -2.37. The van der Waals surface area contributed by atoms with Gasteiger partial charge < -0.3 is 9.84 Å². The highest BCUT2D eigenvalue weighted by molar-refractivity contribution is 5.94. The van der Waals surface area contributed by atoms with Gasteiger partial charge in [0.1, 0.15) is 12.7 Å². The van der Waals surface area contributed by atoms with Crippen LogP contribution >= 0.6 is 0 Å². The van der Waals surface area contributed by atoms with E-state index in [9.17, 15) is 9.90 Å². The molecule has 1 fully saturated rings. The van der Waals surface area contributed by atoms with E-state index in [1.54, 1.807) is 10.9 Å². The molecule has 33 heavy (non-hydrogen) atoms. The summed E-state index contributed by atoms with van der Waals surface area (Å²) in [6, 6.07) is 7.70. The van der Waals surface area contributed by atoms with Gasteiger partial charge in [-0.15, -0.1) is 5.10 Å². The predicted molar refractivity (Wildman–Crippen MR) is 118 cm³/mol. The van der Waals surface area contributed by atoms with Crippen molar-refractivity contribution in [3.63, 3.8) is 0 Å². The number of rotatable bonds is 4. The van der Waals surface area contributed by atoms with Crippen LogP contribution < -0.4 is 0 Å². The van der Waals surface area contributed by atoms with Crippen LogP contribution in [0.25, 0.3) is 5.82 Å². The SMILES string of the molecule is Cc1cc(-n2cc(CN3CC[C@@H](O)[C@H](c4ccc5c(c4C)COC5=O)C3)nn2)ncc1C#N. The fourth-order valence-corrected chi connectivity index (χ4v) is 4.72. The maximum Gasteiger partial charge on any atom is 0.338 e. The summed E-state index contributed by atoms with van der Waals surface area (Å²) in [5, 5.41) is 28.4. The van der Waals surface area contributed by atoms with Gasteiger partial charge in [0.2, 0.25) is 0 Å². The molecule has 0 saturated carbocycles. The van der Waals surface area contributed by atoms with Gasteiger partial charge in [-0.25, -0.2) is 14.5 Å². The molecule has 0 radical (unpaired) electrons. The van der Waals surface area contributed by atoms with Crippen LogP contribution in [0.2, 0.25) is 0 Å². The molecule has 168 valence electrons. The average Bonchev–Trinajstić information content (AvgIpc) is 3.43. The minimum absolute atomic E-state index is 0.0577.